The van der Waals surface area contributed by atoms with Gasteiger partial charge in [-0.3, -0.25) is 33.1 Å². The molecule has 2 aliphatic heterocycles. The highest BCUT2D eigenvalue weighted by Gasteiger charge is 2.79. The lowest BCUT2D eigenvalue weighted by Crippen LogP contribution is -2.82. The molecule has 0 radical (unpaired) electrons. The zero-order valence-corrected chi connectivity index (χ0v) is 48.0. The van der Waals surface area contributed by atoms with Crippen LogP contribution in [0.2, 0.25) is 0 Å². The molecule has 3 aromatic carbocycles. The Balaban J connectivity index is 1.10. The molecular formula is C61H70N4O20. The van der Waals surface area contributed by atoms with Crippen LogP contribution in [-0.4, -0.2) is 151 Å². The molecule has 2 unspecified atom stereocenters. The number of carbonyl (C=O) groups excluding carboxylic acids is 7. The van der Waals surface area contributed by atoms with Crippen molar-refractivity contribution in [1.82, 2.24) is 19.8 Å². The molecule has 454 valence electrons. The molecule has 2 saturated carbocycles. The number of hydrogen-bond acceptors (Lipinski definition) is 20. The summed E-state index contributed by atoms with van der Waals surface area (Å²) in [4.78, 5) is 128. The van der Waals surface area contributed by atoms with Gasteiger partial charge in [-0.05, 0) is 68.2 Å². The largest absolute Gasteiger partial charge is 0.456 e. The van der Waals surface area contributed by atoms with Crippen LogP contribution >= 0.6 is 0 Å². The minimum Gasteiger partial charge on any atom is -0.456 e. The van der Waals surface area contributed by atoms with E-state index < -0.39 is 162 Å². The first-order chi connectivity index (χ1) is 40.3. The minimum absolute atomic E-state index is 0.0195. The summed E-state index contributed by atoms with van der Waals surface area (Å²) in [6.45, 7) is 8.07. The van der Waals surface area contributed by atoms with E-state index in [1.54, 1.807) is 66.7 Å². The average molecular weight is 1180 g/mol. The molecular weight excluding hydrogens is 1110 g/mol. The molecule has 9 rings (SSSR count). The number of esters is 4. The van der Waals surface area contributed by atoms with Crippen LogP contribution in [0.1, 0.15) is 111 Å². The number of nitrogens with zero attached hydrogens (tertiary/aromatic N) is 2. The van der Waals surface area contributed by atoms with Crippen molar-refractivity contribution in [2.24, 2.45) is 16.7 Å². The summed E-state index contributed by atoms with van der Waals surface area (Å²) >= 11 is 0. The first-order valence-electron chi connectivity index (χ1n) is 28.0. The predicted molar refractivity (Wildman–Crippen MR) is 296 cm³/mol. The molecule has 14 atom stereocenters. The summed E-state index contributed by atoms with van der Waals surface area (Å²) in [6, 6.07) is 22.4. The van der Waals surface area contributed by atoms with Gasteiger partial charge in [0.25, 0.3) is 11.5 Å². The van der Waals surface area contributed by atoms with E-state index in [0.29, 0.717) is 5.56 Å². The number of Topliss-reactive ketones (excluding diaryl/α,β-unsaturated/α-hetero) is 1. The first kappa shape index (κ1) is 61.7. The second-order valence-corrected chi connectivity index (χ2v) is 23.1. The molecule has 2 saturated heterocycles. The molecule has 5 aliphatic rings. The third kappa shape index (κ3) is 11.3. The molecule has 2 bridgehead atoms. The van der Waals surface area contributed by atoms with Gasteiger partial charge >= 0.3 is 35.7 Å². The van der Waals surface area contributed by atoms with Crippen LogP contribution in [0.4, 0.5) is 4.79 Å². The van der Waals surface area contributed by atoms with Gasteiger partial charge in [0.1, 0.15) is 42.3 Å². The molecule has 4 aromatic rings. The van der Waals surface area contributed by atoms with Crippen LogP contribution in [0, 0.1) is 23.7 Å². The molecule has 4 fully saturated rings. The molecule has 24 heteroatoms. The summed E-state index contributed by atoms with van der Waals surface area (Å²) in [7, 11) is 0. The highest BCUT2D eigenvalue weighted by Crippen LogP contribution is 2.65. The van der Waals surface area contributed by atoms with Gasteiger partial charge in [0.05, 0.1) is 42.3 Å². The Morgan fingerprint density at radius 3 is 2.05 bits per heavy atom. The van der Waals surface area contributed by atoms with Crippen LogP contribution in [0.5, 0.6) is 0 Å². The zero-order valence-electron chi connectivity index (χ0n) is 48.0. The number of alkyl carbamates (subject to hydrolysis) is 1. The number of amides is 2. The molecule has 3 heterocycles. The minimum atomic E-state index is -2.57. The molecule has 24 nitrogen and oxygen atoms in total. The molecule has 1 aromatic heterocycles. The van der Waals surface area contributed by atoms with Gasteiger partial charge in [-0.25, -0.2) is 19.2 Å². The van der Waals surface area contributed by atoms with E-state index in [0.717, 1.165) is 23.0 Å². The summed E-state index contributed by atoms with van der Waals surface area (Å²) in [5, 5.41) is 51.5. The van der Waals surface area contributed by atoms with Gasteiger partial charge in [0.15, 0.2) is 23.6 Å². The molecule has 6 N–H and O–H groups in total. The Kier molecular flexibility index (Phi) is 17.6. The van der Waals surface area contributed by atoms with Crippen LogP contribution in [0.25, 0.3) is 0 Å². The van der Waals surface area contributed by atoms with Crippen molar-refractivity contribution < 1.29 is 87.1 Å². The molecule has 0 spiro atoms. The van der Waals surface area contributed by atoms with Gasteiger partial charge in [0.2, 0.25) is 0 Å². The number of hydrogen-bond donors (Lipinski definition) is 6. The smallest absolute Gasteiger partial charge is 0.407 e. The van der Waals surface area contributed by atoms with Gasteiger partial charge in [-0.1, -0.05) is 80.6 Å². The Morgan fingerprint density at radius 2 is 1.46 bits per heavy atom. The van der Waals surface area contributed by atoms with E-state index in [9.17, 15) is 58.8 Å². The van der Waals surface area contributed by atoms with Crippen LogP contribution < -0.4 is 21.9 Å². The lowest BCUT2D eigenvalue weighted by Gasteiger charge is -2.67. The number of rotatable bonds is 17. The van der Waals surface area contributed by atoms with Crippen molar-refractivity contribution in [2.75, 3.05) is 19.8 Å². The summed E-state index contributed by atoms with van der Waals surface area (Å²) in [5.41, 5.74) is -9.42. The Hall–Kier alpha value is -7.87. The SMILES string of the molecule is CC(=O)O[C@H]1C(=O)C2(C)[C@@H](OC(=O)NCCCn3c(=O)c(C)cn([C@@H]4CC(O)[C@H](CO)O4)c3=O)C[C@H]3OC[C@@]3(OC(C)=O)[C@H]2[C@H](OC(=O)c2ccccc2)[C@]2(O)C[C@H](OC(=O)[C@H](O)[C@@H](NC(=O)c3ccccc3)c3ccccc3)C(C)=C1C2(C)C. The number of aliphatic hydroxyl groups is 4. The third-order valence-corrected chi connectivity index (χ3v) is 17.6. The van der Waals surface area contributed by atoms with Gasteiger partial charge in [-0.2, -0.15) is 0 Å². The van der Waals surface area contributed by atoms with Gasteiger partial charge in [-0.15, -0.1) is 0 Å². The lowest BCUT2D eigenvalue weighted by molar-refractivity contribution is -0.345. The highest BCUT2D eigenvalue weighted by molar-refractivity contribution is 5.96. The van der Waals surface area contributed by atoms with E-state index in [1.165, 1.54) is 65.1 Å². The average Bonchev–Trinajstić information content (AvgIpc) is 0.906. The maximum absolute atomic E-state index is 16.4. The van der Waals surface area contributed by atoms with E-state index >= 15 is 4.79 Å². The fourth-order valence-corrected chi connectivity index (χ4v) is 13.1. The van der Waals surface area contributed by atoms with Crippen molar-refractivity contribution >= 4 is 41.7 Å². The van der Waals surface area contributed by atoms with Crippen molar-refractivity contribution in [2.45, 2.75) is 153 Å². The predicted octanol–water partition coefficient (Wildman–Crippen LogP) is 2.83. The lowest BCUT2D eigenvalue weighted by atomic mass is 9.44. The monoisotopic (exact) mass is 1180 g/mol. The highest BCUT2D eigenvalue weighted by atomic mass is 16.6. The van der Waals surface area contributed by atoms with E-state index in [2.05, 4.69) is 10.6 Å². The normalized spacial score (nSPS) is 29.9. The van der Waals surface area contributed by atoms with Crippen LogP contribution in [0.3, 0.4) is 0 Å². The number of aromatic nitrogens is 2. The van der Waals surface area contributed by atoms with Gasteiger partial charge < -0.3 is 64.2 Å². The third-order valence-electron chi connectivity index (χ3n) is 17.6. The number of fused-ring (bicyclic) bond motifs is 5. The maximum Gasteiger partial charge on any atom is 0.407 e. The van der Waals surface area contributed by atoms with E-state index in [-0.39, 0.29) is 60.2 Å². The number of nitrogens with one attached hydrogen (secondary N) is 2. The molecule has 85 heavy (non-hydrogen) atoms. The van der Waals surface area contributed by atoms with Crippen LogP contribution in [0.15, 0.2) is 118 Å². The topological polar surface area (TPSA) is 333 Å². The van der Waals surface area contributed by atoms with Crippen molar-refractivity contribution in [3.05, 3.63) is 151 Å². The number of aliphatic hydroxyl groups excluding tert-OH is 3. The number of carbonyl (C=O) groups is 7. The Bertz CT molecular complexity index is 3390. The Morgan fingerprint density at radius 1 is 0.824 bits per heavy atom. The van der Waals surface area contributed by atoms with Crippen LogP contribution in [-0.2, 0) is 58.9 Å². The number of benzene rings is 3. The Labute approximate surface area is 488 Å². The molecule has 2 amide bonds. The fraction of sp³-hybridized carbons (Fsp3) is 0.492. The van der Waals surface area contributed by atoms with Crippen molar-refractivity contribution in [3.63, 3.8) is 0 Å². The van der Waals surface area contributed by atoms with Gasteiger partial charge in [0, 0.05) is 68.9 Å². The van der Waals surface area contributed by atoms with Crippen molar-refractivity contribution in [1.29, 1.82) is 0 Å². The number of ketones is 1. The van der Waals surface area contributed by atoms with E-state index in [1.807, 2.05) is 0 Å². The quantitative estimate of drug-likeness (QED) is 0.0383. The summed E-state index contributed by atoms with van der Waals surface area (Å²) in [6.07, 6.45) is -14.6. The molecule has 3 aliphatic carbocycles. The fourth-order valence-electron chi connectivity index (χ4n) is 13.1. The summed E-state index contributed by atoms with van der Waals surface area (Å²) in [5.74, 6) is -7.59. The second kappa shape index (κ2) is 24.2. The number of aryl methyl sites for hydroxylation is 1. The summed E-state index contributed by atoms with van der Waals surface area (Å²) < 4.78 is 45.1. The zero-order chi connectivity index (χ0) is 61.5. The standard InChI is InChI=1S/C61H70N4O20/c1-32-29-65(44-26-39(69)41(30-66)81-44)57(77)64(53(32)73)25-17-24-62-56(76)83-42-27-43-60(31-79-43,85-35(4)68)49-51(84-54(74)38-22-15-10-16-23-38)61(78)28-40(33(2)45(58(61,5)6)48(80-34(3)67)50(71)59(42,49)7)82-55(75)47(70)46(36-18-11-8-12-19-36)63-52(72)37-20-13-9-14-21-37/h8-16,18-23,29,39-44,46-49,51,66,69-70,78H,17,24-28,30-31H2,1-7H3,(H,62,76)(H,63,72)/t39?,40-,41-,42-,43+,44-,46-,47+,48+,49-,51-,59?,60-,61+/m0/s1. The second-order valence-electron chi connectivity index (χ2n) is 23.1. The first-order valence-corrected chi connectivity index (χ1v) is 28.0. The maximum atomic E-state index is 16.4. The number of ether oxygens (including phenoxy) is 7. The van der Waals surface area contributed by atoms with E-state index in [4.69, 9.17) is 33.2 Å². The van der Waals surface area contributed by atoms with Crippen molar-refractivity contribution in [3.8, 4) is 0 Å².